The maximum atomic E-state index is 12.0. The number of anilines is 1. The number of nitrogens with zero attached hydrogens (tertiary/aromatic N) is 2. The van der Waals surface area contributed by atoms with Gasteiger partial charge in [-0.1, -0.05) is 12.1 Å². The van der Waals surface area contributed by atoms with E-state index in [2.05, 4.69) is 24.9 Å². The van der Waals surface area contributed by atoms with Crippen molar-refractivity contribution in [3.05, 3.63) is 49.1 Å². The van der Waals surface area contributed by atoms with Crippen LogP contribution in [0.1, 0.15) is 0 Å². The molecule has 0 unspecified atom stereocenters. The lowest BCUT2D eigenvalue weighted by Gasteiger charge is -2.06. The van der Waals surface area contributed by atoms with Gasteiger partial charge in [-0.05, 0) is 23.8 Å². The van der Waals surface area contributed by atoms with Gasteiger partial charge in [0.1, 0.15) is 0 Å². The van der Waals surface area contributed by atoms with E-state index in [4.69, 9.17) is 0 Å². The molecule has 2 heterocycles. The summed E-state index contributed by atoms with van der Waals surface area (Å²) < 4.78 is 26.4. The molecule has 0 radical (unpaired) electrons. The maximum Gasteiger partial charge on any atom is 0.278 e. The average Bonchev–Trinajstić information content (AvgIpc) is 3.13. The summed E-state index contributed by atoms with van der Waals surface area (Å²) in [6.07, 6.45) is 4.22. The number of aromatic amines is 2. The molecular formula is C12H11N5O2S. The van der Waals surface area contributed by atoms with Crippen LogP contribution in [0, 0.1) is 0 Å². The van der Waals surface area contributed by atoms with Crippen molar-refractivity contribution < 1.29 is 8.42 Å². The van der Waals surface area contributed by atoms with E-state index in [1.807, 2.05) is 6.07 Å². The van der Waals surface area contributed by atoms with E-state index in [0.717, 1.165) is 11.3 Å². The minimum atomic E-state index is -3.62. The first-order valence-corrected chi connectivity index (χ1v) is 7.24. The average molecular weight is 289 g/mol. The molecule has 3 N–H and O–H groups in total. The topological polar surface area (TPSA) is 104 Å². The molecule has 0 aliphatic carbocycles. The van der Waals surface area contributed by atoms with E-state index in [-0.39, 0.29) is 5.03 Å². The van der Waals surface area contributed by atoms with Gasteiger partial charge < -0.3 is 4.98 Å². The van der Waals surface area contributed by atoms with Gasteiger partial charge in [0, 0.05) is 11.9 Å². The number of sulfonamides is 1. The third kappa shape index (κ3) is 2.41. The fraction of sp³-hybridized carbons (Fsp3) is 0. The highest BCUT2D eigenvalue weighted by Crippen LogP contribution is 2.20. The van der Waals surface area contributed by atoms with E-state index in [0.29, 0.717) is 5.69 Å². The van der Waals surface area contributed by atoms with Gasteiger partial charge in [0.2, 0.25) is 0 Å². The third-order valence-electron chi connectivity index (χ3n) is 2.71. The van der Waals surface area contributed by atoms with Gasteiger partial charge in [-0.3, -0.25) is 9.82 Å². The first-order valence-electron chi connectivity index (χ1n) is 5.76. The maximum absolute atomic E-state index is 12.0. The highest BCUT2D eigenvalue weighted by Gasteiger charge is 2.15. The number of hydrogen-bond donors (Lipinski definition) is 3. The van der Waals surface area contributed by atoms with Gasteiger partial charge in [0.05, 0.1) is 18.2 Å². The summed E-state index contributed by atoms with van der Waals surface area (Å²) >= 11 is 0. The molecular weight excluding hydrogens is 278 g/mol. The summed E-state index contributed by atoms with van der Waals surface area (Å²) in [5, 5.41) is 6.73. The molecule has 102 valence electrons. The Bertz CT molecular complexity index is 777. The number of imidazole rings is 1. The molecule has 7 nitrogen and oxygen atoms in total. The number of hydrogen-bond acceptors (Lipinski definition) is 4. The second kappa shape index (κ2) is 4.82. The molecule has 0 bridgehead atoms. The predicted octanol–water partition coefficient (Wildman–Crippen LogP) is 1.60. The van der Waals surface area contributed by atoms with Crippen molar-refractivity contribution in [2.75, 3.05) is 4.72 Å². The van der Waals surface area contributed by atoms with Gasteiger partial charge in [0.25, 0.3) is 10.0 Å². The zero-order valence-corrected chi connectivity index (χ0v) is 11.1. The zero-order chi connectivity index (χ0) is 14.0. The molecule has 0 amide bonds. The van der Waals surface area contributed by atoms with Gasteiger partial charge in [-0.2, -0.15) is 13.5 Å². The molecule has 20 heavy (non-hydrogen) atoms. The van der Waals surface area contributed by atoms with Crippen LogP contribution in [-0.2, 0) is 10.0 Å². The van der Waals surface area contributed by atoms with Crippen LogP contribution < -0.4 is 4.72 Å². The van der Waals surface area contributed by atoms with Crippen LogP contribution in [0.2, 0.25) is 0 Å². The summed E-state index contributed by atoms with van der Waals surface area (Å²) in [4.78, 5) is 6.25. The molecule has 3 rings (SSSR count). The van der Waals surface area contributed by atoms with Gasteiger partial charge in [-0.15, -0.1) is 0 Å². The molecule has 0 fully saturated rings. The Morgan fingerprint density at radius 2 is 1.90 bits per heavy atom. The Labute approximate surface area is 115 Å². The van der Waals surface area contributed by atoms with Crippen molar-refractivity contribution in [1.82, 2.24) is 20.2 Å². The van der Waals surface area contributed by atoms with E-state index in [1.165, 1.54) is 12.5 Å². The molecule has 0 saturated carbocycles. The van der Waals surface area contributed by atoms with Gasteiger partial charge in [-0.25, -0.2) is 4.98 Å². The molecule has 3 aromatic rings. The minimum Gasteiger partial charge on any atom is -0.334 e. The normalized spacial score (nSPS) is 11.4. The Balaban J connectivity index is 1.83. The number of rotatable bonds is 4. The summed E-state index contributed by atoms with van der Waals surface area (Å²) in [5.74, 6) is 0. The first-order chi connectivity index (χ1) is 9.65. The SMILES string of the molecule is O=S(=O)(Nc1ccc(-c2ccn[nH]2)cc1)c1cnc[nH]1. The van der Waals surface area contributed by atoms with Crippen LogP contribution in [-0.4, -0.2) is 28.6 Å². The zero-order valence-electron chi connectivity index (χ0n) is 10.2. The summed E-state index contributed by atoms with van der Waals surface area (Å²) in [6, 6.07) is 8.81. The van der Waals surface area contributed by atoms with Gasteiger partial charge in [0.15, 0.2) is 5.03 Å². The van der Waals surface area contributed by atoms with Gasteiger partial charge >= 0.3 is 0 Å². The molecule has 2 aromatic heterocycles. The van der Waals surface area contributed by atoms with Crippen molar-refractivity contribution in [2.24, 2.45) is 0 Å². The molecule has 0 spiro atoms. The van der Waals surface area contributed by atoms with E-state index in [9.17, 15) is 8.42 Å². The van der Waals surface area contributed by atoms with Crippen LogP contribution in [0.25, 0.3) is 11.3 Å². The minimum absolute atomic E-state index is 0.0233. The smallest absolute Gasteiger partial charge is 0.278 e. The predicted molar refractivity (Wildman–Crippen MR) is 73.4 cm³/mol. The largest absolute Gasteiger partial charge is 0.334 e. The van der Waals surface area contributed by atoms with Crippen LogP contribution in [0.15, 0.2) is 54.1 Å². The van der Waals surface area contributed by atoms with Crippen LogP contribution in [0.5, 0.6) is 0 Å². The first kappa shape index (κ1) is 12.4. The van der Waals surface area contributed by atoms with Crippen molar-refractivity contribution in [2.45, 2.75) is 5.03 Å². The van der Waals surface area contributed by atoms with E-state index < -0.39 is 10.0 Å². The lowest BCUT2D eigenvalue weighted by molar-refractivity contribution is 0.598. The quantitative estimate of drug-likeness (QED) is 0.678. The summed E-state index contributed by atoms with van der Waals surface area (Å²) in [6.45, 7) is 0. The Hall–Kier alpha value is -2.61. The molecule has 0 atom stereocenters. The number of nitrogens with one attached hydrogen (secondary N) is 3. The highest BCUT2D eigenvalue weighted by molar-refractivity contribution is 7.92. The van der Waals surface area contributed by atoms with Crippen molar-refractivity contribution >= 4 is 15.7 Å². The van der Waals surface area contributed by atoms with E-state index in [1.54, 1.807) is 30.5 Å². The highest BCUT2D eigenvalue weighted by atomic mass is 32.2. The third-order valence-corrected chi connectivity index (χ3v) is 4.02. The van der Waals surface area contributed by atoms with Crippen molar-refractivity contribution in [3.8, 4) is 11.3 Å². The Morgan fingerprint density at radius 1 is 1.10 bits per heavy atom. The number of aromatic nitrogens is 4. The van der Waals surface area contributed by atoms with Crippen molar-refractivity contribution in [1.29, 1.82) is 0 Å². The lowest BCUT2D eigenvalue weighted by Crippen LogP contribution is -2.13. The monoisotopic (exact) mass is 289 g/mol. The fourth-order valence-corrected chi connectivity index (χ4v) is 2.70. The molecule has 0 saturated heterocycles. The van der Waals surface area contributed by atoms with Crippen molar-refractivity contribution in [3.63, 3.8) is 0 Å². The second-order valence-corrected chi connectivity index (χ2v) is 5.72. The van der Waals surface area contributed by atoms with E-state index >= 15 is 0 Å². The molecule has 1 aromatic carbocycles. The second-order valence-electron chi connectivity index (χ2n) is 4.07. The van der Waals surface area contributed by atoms with Crippen LogP contribution >= 0.6 is 0 Å². The fourth-order valence-electron chi connectivity index (χ4n) is 1.73. The Kier molecular flexibility index (Phi) is 2.99. The standard InChI is InChI=1S/C12H11N5O2S/c18-20(19,12-7-13-8-14-12)17-10-3-1-9(2-4-10)11-5-6-15-16-11/h1-8,17H,(H,13,14)(H,15,16). The molecule has 8 heteroatoms. The number of H-pyrrole nitrogens is 2. The number of benzene rings is 1. The summed E-state index contributed by atoms with van der Waals surface area (Å²) in [7, 11) is -3.62. The summed E-state index contributed by atoms with van der Waals surface area (Å²) in [5.41, 5.74) is 2.27. The molecule has 0 aliphatic heterocycles. The van der Waals surface area contributed by atoms with Crippen LogP contribution in [0.3, 0.4) is 0 Å². The van der Waals surface area contributed by atoms with Crippen LogP contribution in [0.4, 0.5) is 5.69 Å². The Morgan fingerprint density at radius 3 is 2.50 bits per heavy atom. The lowest BCUT2D eigenvalue weighted by atomic mass is 10.1. The molecule has 0 aliphatic rings.